The van der Waals surface area contributed by atoms with Gasteiger partial charge < -0.3 is 4.90 Å². The molecule has 1 aromatic carbocycles. The lowest BCUT2D eigenvalue weighted by atomic mass is 10.1. The fraction of sp³-hybridized carbons (Fsp3) is 0.385. The lowest BCUT2D eigenvalue weighted by Gasteiger charge is -2.35. The lowest BCUT2D eigenvalue weighted by molar-refractivity contribution is -0.133. The van der Waals surface area contributed by atoms with Crippen LogP contribution in [0.1, 0.15) is 34.8 Å². The van der Waals surface area contributed by atoms with Gasteiger partial charge in [0.05, 0.1) is 5.69 Å². The number of hydrogen-bond donors (Lipinski definition) is 1. The van der Waals surface area contributed by atoms with Gasteiger partial charge in [0.25, 0.3) is 0 Å². The lowest BCUT2D eigenvalue weighted by Crippen LogP contribution is -2.48. The van der Waals surface area contributed by atoms with Crippen LogP contribution in [0, 0.1) is 26.6 Å². The van der Waals surface area contributed by atoms with Gasteiger partial charge in [-0.05, 0) is 56.2 Å². The molecule has 14 heteroatoms. The minimum atomic E-state index is -0.306. The zero-order valence-electron chi connectivity index (χ0n) is 22.5. The van der Waals surface area contributed by atoms with Gasteiger partial charge in [0.15, 0.2) is 17.3 Å². The minimum Gasteiger partial charge on any atom is -0.340 e. The highest BCUT2D eigenvalue weighted by Gasteiger charge is 2.23. The van der Waals surface area contributed by atoms with Crippen LogP contribution in [0.5, 0.6) is 0 Å². The summed E-state index contributed by atoms with van der Waals surface area (Å²) in [7, 11) is 0. The molecule has 0 radical (unpaired) electrons. The summed E-state index contributed by atoms with van der Waals surface area (Å²) < 4.78 is 18.2. The summed E-state index contributed by atoms with van der Waals surface area (Å²) in [4.78, 5) is 17.1. The number of amides is 1. The zero-order chi connectivity index (χ0) is 27.8. The highest BCUT2D eigenvalue weighted by molar-refractivity contribution is 5.76. The molecule has 6 rings (SSSR count). The van der Waals surface area contributed by atoms with Crippen molar-refractivity contribution in [3.63, 3.8) is 0 Å². The van der Waals surface area contributed by atoms with Gasteiger partial charge in [-0.2, -0.15) is 14.8 Å². The number of carbonyl (C=O) groups excluding carboxylic acids is 1. The van der Waals surface area contributed by atoms with Gasteiger partial charge >= 0.3 is 0 Å². The van der Waals surface area contributed by atoms with Crippen molar-refractivity contribution >= 4 is 11.6 Å². The number of fused-ring (bicyclic) bond motifs is 1. The topological polar surface area (TPSA) is 139 Å². The molecule has 40 heavy (non-hydrogen) atoms. The number of H-pyrrole nitrogens is 1. The number of carbonyl (C=O) groups is 1. The van der Waals surface area contributed by atoms with E-state index in [9.17, 15) is 9.18 Å². The largest absolute Gasteiger partial charge is 0.340 e. The van der Waals surface area contributed by atoms with Crippen LogP contribution >= 0.6 is 0 Å². The quantitative estimate of drug-likeness (QED) is 0.325. The van der Waals surface area contributed by atoms with Crippen molar-refractivity contribution in [2.24, 2.45) is 0 Å². The second kappa shape index (κ2) is 10.5. The van der Waals surface area contributed by atoms with Crippen LogP contribution in [-0.4, -0.2) is 92.1 Å². The third kappa shape index (κ3) is 4.93. The third-order valence-corrected chi connectivity index (χ3v) is 7.43. The van der Waals surface area contributed by atoms with Crippen LogP contribution in [0.4, 0.5) is 4.39 Å². The number of nitrogens with zero attached hydrogens (tertiary/aromatic N) is 11. The molecule has 1 aliphatic rings. The number of aromatic nitrogens is 10. The van der Waals surface area contributed by atoms with Gasteiger partial charge in [-0.3, -0.25) is 9.69 Å². The Labute approximate surface area is 229 Å². The summed E-state index contributed by atoms with van der Waals surface area (Å²) in [6, 6.07) is 8.70. The molecule has 0 atom stereocenters. The molecule has 1 aliphatic heterocycles. The number of halogens is 1. The molecule has 1 amide bonds. The maximum Gasteiger partial charge on any atom is 0.222 e. The number of nitrogens with one attached hydrogen (secondary N) is 1. The van der Waals surface area contributed by atoms with E-state index in [1.165, 1.54) is 6.07 Å². The van der Waals surface area contributed by atoms with Gasteiger partial charge in [0, 0.05) is 56.0 Å². The number of rotatable bonds is 7. The van der Waals surface area contributed by atoms with E-state index in [2.05, 4.69) is 40.8 Å². The van der Waals surface area contributed by atoms with E-state index in [0.29, 0.717) is 79.8 Å². The van der Waals surface area contributed by atoms with Gasteiger partial charge in [-0.15, -0.1) is 25.5 Å². The van der Waals surface area contributed by atoms with E-state index in [1.54, 1.807) is 21.3 Å². The van der Waals surface area contributed by atoms with Crippen molar-refractivity contribution in [1.82, 2.24) is 60.0 Å². The van der Waals surface area contributed by atoms with Crippen LogP contribution in [0.25, 0.3) is 22.9 Å². The molecule has 0 spiro atoms. The smallest absolute Gasteiger partial charge is 0.222 e. The van der Waals surface area contributed by atoms with E-state index >= 15 is 0 Å². The molecule has 0 unspecified atom stereocenters. The minimum absolute atomic E-state index is 0.113. The Morgan fingerprint density at radius 2 is 1.82 bits per heavy atom. The molecule has 5 heterocycles. The average molecular weight is 545 g/mol. The van der Waals surface area contributed by atoms with Crippen LogP contribution in [0.15, 0.2) is 30.3 Å². The summed E-state index contributed by atoms with van der Waals surface area (Å²) in [5, 5.41) is 31.1. The first-order valence-electron chi connectivity index (χ1n) is 13.1. The number of aromatic amines is 1. The molecule has 1 N–H and O–H groups in total. The van der Waals surface area contributed by atoms with E-state index in [4.69, 9.17) is 5.10 Å². The van der Waals surface area contributed by atoms with E-state index in [1.807, 2.05) is 37.8 Å². The molecule has 206 valence electrons. The van der Waals surface area contributed by atoms with Crippen molar-refractivity contribution in [2.45, 2.75) is 40.2 Å². The Morgan fingerprint density at radius 1 is 1.00 bits per heavy atom. The molecular weight excluding hydrogens is 515 g/mol. The summed E-state index contributed by atoms with van der Waals surface area (Å²) in [5.74, 6) is 1.54. The van der Waals surface area contributed by atoms with Crippen LogP contribution in [0.2, 0.25) is 0 Å². The fourth-order valence-corrected chi connectivity index (χ4v) is 5.14. The maximum atomic E-state index is 14.7. The Morgan fingerprint density at radius 3 is 2.58 bits per heavy atom. The monoisotopic (exact) mass is 544 g/mol. The number of tetrazole rings is 1. The van der Waals surface area contributed by atoms with Crippen molar-refractivity contribution in [3.8, 4) is 17.2 Å². The second-order valence-electron chi connectivity index (χ2n) is 9.97. The van der Waals surface area contributed by atoms with Crippen molar-refractivity contribution < 1.29 is 9.18 Å². The normalized spacial score (nSPS) is 14.3. The molecule has 0 aliphatic carbocycles. The highest BCUT2D eigenvalue weighted by Crippen LogP contribution is 2.21. The van der Waals surface area contributed by atoms with E-state index in [0.717, 1.165) is 17.0 Å². The zero-order valence-corrected chi connectivity index (χ0v) is 22.5. The Bertz CT molecular complexity index is 1670. The standard InChI is InChI=1S/C26H29FN12O/c1-16-21(17(2)38(32-16)24-8-7-23-29-28-18(3)39(23)33-24)6-9-25(40)37-12-10-36(11-13-37)15-20-5-4-19(14-22(20)27)26-30-34-35-31-26/h4-5,7-8,14H,6,9-13,15H2,1-3H3,(H,30,31,34,35). The summed E-state index contributed by atoms with van der Waals surface area (Å²) in [6.07, 6.45) is 0.999. The first-order chi connectivity index (χ1) is 19.4. The van der Waals surface area contributed by atoms with Crippen molar-refractivity contribution in [1.29, 1.82) is 0 Å². The Balaban J connectivity index is 1.04. The predicted octanol–water partition coefficient (Wildman–Crippen LogP) is 1.83. The van der Waals surface area contributed by atoms with Crippen molar-refractivity contribution in [2.75, 3.05) is 26.2 Å². The molecular formula is C26H29FN12O. The SMILES string of the molecule is Cc1nn(-c2ccc3nnc(C)n3n2)c(C)c1CCC(=O)N1CCN(Cc2ccc(-c3nn[nH]n3)cc2F)CC1. The Kier molecular flexibility index (Phi) is 6.76. The van der Waals surface area contributed by atoms with Crippen molar-refractivity contribution in [3.05, 3.63) is 64.5 Å². The fourth-order valence-electron chi connectivity index (χ4n) is 5.14. The number of piperazine rings is 1. The summed E-state index contributed by atoms with van der Waals surface area (Å²) in [5.41, 5.74) is 4.74. The molecule has 4 aromatic heterocycles. The first-order valence-corrected chi connectivity index (χ1v) is 13.1. The molecule has 13 nitrogen and oxygen atoms in total. The molecule has 0 saturated carbocycles. The molecule has 1 saturated heterocycles. The number of hydrogen-bond acceptors (Lipinski definition) is 9. The Hall–Kier alpha value is -4.59. The van der Waals surface area contributed by atoms with Gasteiger partial charge in [0.1, 0.15) is 5.82 Å². The number of aryl methyl sites for hydroxylation is 2. The molecule has 5 aromatic rings. The number of benzene rings is 1. The van der Waals surface area contributed by atoms with Gasteiger partial charge in [0.2, 0.25) is 11.7 Å². The molecule has 1 fully saturated rings. The van der Waals surface area contributed by atoms with Crippen LogP contribution in [-0.2, 0) is 17.8 Å². The van der Waals surface area contributed by atoms with Crippen LogP contribution in [0.3, 0.4) is 0 Å². The van der Waals surface area contributed by atoms with Gasteiger partial charge in [-0.1, -0.05) is 12.1 Å². The second-order valence-corrected chi connectivity index (χ2v) is 9.97. The molecule has 0 bridgehead atoms. The van der Waals surface area contributed by atoms with E-state index in [-0.39, 0.29) is 11.7 Å². The van der Waals surface area contributed by atoms with Crippen LogP contribution < -0.4 is 0 Å². The predicted molar refractivity (Wildman–Crippen MR) is 142 cm³/mol. The van der Waals surface area contributed by atoms with Gasteiger partial charge in [-0.25, -0.2) is 9.07 Å². The summed E-state index contributed by atoms with van der Waals surface area (Å²) >= 11 is 0. The first kappa shape index (κ1) is 25.7. The third-order valence-electron chi connectivity index (χ3n) is 7.43. The highest BCUT2D eigenvalue weighted by atomic mass is 19.1. The average Bonchev–Trinajstić information content (AvgIpc) is 3.69. The maximum absolute atomic E-state index is 14.7. The van der Waals surface area contributed by atoms with E-state index < -0.39 is 0 Å². The summed E-state index contributed by atoms with van der Waals surface area (Å²) in [6.45, 7) is 8.88.